The summed E-state index contributed by atoms with van der Waals surface area (Å²) < 4.78 is 11.0. The Morgan fingerprint density at radius 3 is 2.75 bits per heavy atom. The standard InChI is InChI=1S/C13H19O2Si/c1-4-12-8-6-7-9-13(12)10-15-16(5-2)11-14-3/h4,6-9H,1,5,10-11H2,2-3H3. The second-order valence-corrected chi connectivity index (χ2v) is 5.88. The summed E-state index contributed by atoms with van der Waals surface area (Å²) in [5.74, 6) is 0. The second-order valence-electron chi connectivity index (χ2n) is 3.52. The van der Waals surface area contributed by atoms with Crippen molar-refractivity contribution in [2.24, 2.45) is 0 Å². The minimum Gasteiger partial charge on any atom is -0.410 e. The second kappa shape index (κ2) is 7.38. The normalized spacial score (nSPS) is 10.7. The van der Waals surface area contributed by atoms with Crippen LogP contribution in [0, 0.1) is 0 Å². The lowest BCUT2D eigenvalue weighted by molar-refractivity contribution is 0.213. The van der Waals surface area contributed by atoms with Crippen molar-refractivity contribution >= 4 is 15.1 Å². The van der Waals surface area contributed by atoms with Crippen molar-refractivity contribution in [3.8, 4) is 0 Å². The monoisotopic (exact) mass is 235 g/mol. The third-order valence-electron chi connectivity index (χ3n) is 2.41. The molecule has 0 spiro atoms. The van der Waals surface area contributed by atoms with Crippen LogP contribution in [-0.2, 0) is 15.8 Å². The van der Waals surface area contributed by atoms with E-state index in [9.17, 15) is 0 Å². The van der Waals surface area contributed by atoms with Gasteiger partial charge in [-0.3, -0.25) is 0 Å². The maximum Gasteiger partial charge on any atom is 0.238 e. The van der Waals surface area contributed by atoms with E-state index in [1.807, 2.05) is 18.2 Å². The Hall–Kier alpha value is -0.903. The van der Waals surface area contributed by atoms with E-state index >= 15 is 0 Å². The lowest BCUT2D eigenvalue weighted by atomic mass is 10.1. The molecule has 2 nitrogen and oxygen atoms in total. The number of hydrogen-bond acceptors (Lipinski definition) is 2. The van der Waals surface area contributed by atoms with Crippen LogP contribution in [-0.4, -0.2) is 22.4 Å². The Kier molecular flexibility index (Phi) is 6.07. The van der Waals surface area contributed by atoms with E-state index in [-0.39, 0.29) is 0 Å². The number of hydrogen-bond donors (Lipinski definition) is 0. The van der Waals surface area contributed by atoms with Gasteiger partial charge in [0.25, 0.3) is 0 Å². The van der Waals surface area contributed by atoms with Gasteiger partial charge in [-0.2, -0.15) is 0 Å². The number of ether oxygens (including phenoxy) is 1. The zero-order valence-corrected chi connectivity index (χ0v) is 11.0. The maximum absolute atomic E-state index is 5.89. The first-order valence-corrected chi connectivity index (χ1v) is 7.30. The number of methoxy groups -OCH3 is 1. The van der Waals surface area contributed by atoms with E-state index in [1.165, 1.54) is 5.56 Å². The Morgan fingerprint density at radius 2 is 2.12 bits per heavy atom. The highest BCUT2D eigenvalue weighted by Crippen LogP contribution is 2.12. The summed E-state index contributed by atoms with van der Waals surface area (Å²) in [6.07, 6.45) is 2.62. The van der Waals surface area contributed by atoms with Gasteiger partial charge in [0, 0.05) is 7.11 Å². The quantitative estimate of drug-likeness (QED) is 0.676. The van der Waals surface area contributed by atoms with Crippen LogP contribution in [0.4, 0.5) is 0 Å². The van der Waals surface area contributed by atoms with Crippen molar-refractivity contribution in [3.05, 3.63) is 42.0 Å². The molecule has 0 aromatic heterocycles. The number of rotatable bonds is 7. The fourth-order valence-corrected chi connectivity index (χ4v) is 2.62. The summed E-state index contributed by atoms with van der Waals surface area (Å²) in [4.78, 5) is 0. The molecule has 1 radical (unpaired) electrons. The Labute approximate surface area is 99.6 Å². The molecule has 0 aliphatic heterocycles. The van der Waals surface area contributed by atoms with E-state index < -0.39 is 9.04 Å². The van der Waals surface area contributed by atoms with Gasteiger partial charge in [-0.15, -0.1) is 0 Å². The molecule has 0 bridgehead atoms. The van der Waals surface area contributed by atoms with Gasteiger partial charge in [0.1, 0.15) is 0 Å². The van der Waals surface area contributed by atoms with Gasteiger partial charge in [-0.1, -0.05) is 43.8 Å². The van der Waals surface area contributed by atoms with Gasteiger partial charge < -0.3 is 9.16 Å². The predicted molar refractivity (Wildman–Crippen MR) is 69.4 cm³/mol. The lowest BCUT2D eigenvalue weighted by Gasteiger charge is -2.13. The van der Waals surface area contributed by atoms with Crippen molar-refractivity contribution in [1.29, 1.82) is 0 Å². The molecule has 0 N–H and O–H groups in total. The molecule has 1 aromatic rings. The summed E-state index contributed by atoms with van der Waals surface area (Å²) in [7, 11) is 0.910. The first-order chi connectivity index (χ1) is 7.81. The fraction of sp³-hybridized carbons (Fsp3) is 0.385. The fourth-order valence-electron chi connectivity index (χ4n) is 1.45. The van der Waals surface area contributed by atoms with Crippen LogP contribution in [0.1, 0.15) is 18.1 Å². The summed E-state index contributed by atoms with van der Waals surface area (Å²) in [6.45, 7) is 6.61. The van der Waals surface area contributed by atoms with Crippen LogP contribution in [0.25, 0.3) is 6.08 Å². The minimum atomic E-state index is -0.814. The molecule has 0 heterocycles. The number of benzene rings is 1. The van der Waals surface area contributed by atoms with Crippen LogP contribution in [0.15, 0.2) is 30.8 Å². The van der Waals surface area contributed by atoms with Crippen molar-refractivity contribution in [3.63, 3.8) is 0 Å². The highest BCUT2D eigenvalue weighted by molar-refractivity contribution is 6.51. The van der Waals surface area contributed by atoms with Crippen LogP contribution in [0.5, 0.6) is 0 Å². The molecule has 0 saturated heterocycles. The molecule has 0 atom stereocenters. The Bertz CT molecular complexity index is 325. The summed E-state index contributed by atoms with van der Waals surface area (Å²) in [6, 6.07) is 9.25. The molecule has 0 unspecified atom stereocenters. The zero-order valence-electron chi connectivity index (χ0n) is 10.0. The average Bonchev–Trinajstić information content (AvgIpc) is 2.34. The summed E-state index contributed by atoms with van der Waals surface area (Å²) in [5.41, 5.74) is 2.35. The first-order valence-electron chi connectivity index (χ1n) is 5.48. The highest BCUT2D eigenvalue weighted by Gasteiger charge is 2.10. The van der Waals surface area contributed by atoms with Crippen LogP contribution >= 0.6 is 0 Å². The van der Waals surface area contributed by atoms with Crippen molar-refractivity contribution in [2.75, 3.05) is 13.3 Å². The Morgan fingerprint density at radius 1 is 1.38 bits per heavy atom. The van der Waals surface area contributed by atoms with E-state index in [0.29, 0.717) is 6.61 Å². The third-order valence-corrected chi connectivity index (χ3v) is 4.36. The highest BCUT2D eigenvalue weighted by atomic mass is 28.3. The van der Waals surface area contributed by atoms with Gasteiger partial charge in [-0.25, -0.2) is 0 Å². The van der Waals surface area contributed by atoms with Gasteiger partial charge >= 0.3 is 0 Å². The van der Waals surface area contributed by atoms with Crippen molar-refractivity contribution in [1.82, 2.24) is 0 Å². The molecule has 0 fully saturated rings. The lowest BCUT2D eigenvalue weighted by Crippen LogP contribution is -2.23. The molecule has 0 saturated carbocycles. The summed E-state index contributed by atoms with van der Waals surface area (Å²) in [5, 5.41) is 0. The minimum absolute atomic E-state index is 0.660. The summed E-state index contributed by atoms with van der Waals surface area (Å²) >= 11 is 0. The van der Waals surface area contributed by atoms with Gasteiger partial charge in [0.15, 0.2) is 0 Å². The van der Waals surface area contributed by atoms with Crippen molar-refractivity contribution in [2.45, 2.75) is 19.6 Å². The molecule has 1 aromatic carbocycles. The van der Waals surface area contributed by atoms with Gasteiger partial charge in [0.05, 0.1) is 12.8 Å². The van der Waals surface area contributed by atoms with Crippen LogP contribution < -0.4 is 0 Å². The van der Waals surface area contributed by atoms with Crippen molar-refractivity contribution < 1.29 is 9.16 Å². The largest absolute Gasteiger partial charge is 0.410 e. The predicted octanol–water partition coefficient (Wildman–Crippen LogP) is 3.04. The van der Waals surface area contributed by atoms with Gasteiger partial charge in [-0.05, 0) is 17.2 Å². The van der Waals surface area contributed by atoms with E-state index in [0.717, 1.165) is 17.8 Å². The molecule has 16 heavy (non-hydrogen) atoms. The van der Waals surface area contributed by atoms with Crippen LogP contribution in [0.2, 0.25) is 6.04 Å². The topological polar surface area (TPSA) is 18.5 Å². The smallest absolute Gasteiger partial charge is 0.238 e. The molecule has 0 aliphatic rings. The van der Waals surface area contributed by atoms with Crippen LogP contribution in [0.3, 0.4) is 0 Å². The molecule has 1 rings (SSSR count). The SMILES string of the molecule is C=Cc1ccccc1CO[Si](CC)COC. The zero-order chi connectivity index (χ0) is 11.8. The molecule has 3 heteroatoms. The molecule has 0 amide bonds. The average molecular weight is 235 g/mol. The van der Waals surface area contributed by atoms with E-state index in [4.69, 9.17) is 9.16 Å². The molecular weight excluding hydrogens is 216 g/mol. The van der Waals surface area contributed by atoms with E-state index in [2.05, 4.69) is 25.6 Å². The maximum atomic E-state index is 5.89. The first kappa shape index (κ1) is 13.2. The van der Waals surface area contributed by atoms with E-state index in [1.54, 1.807) is 7.11 Å². The van der Waals surface area contributed by atoms with Gasteiger partial charge in [0.2, 0.25) is 9.04 Å². The molecule has 0 aliphatic carbocycles. The molecule has 87 valence electrons. The molecular formula is C13H19O2Si. The Balaban J connectivity index is 2.55. The third kappa shape index (κ3) is 3.93.